The van der Waals surface area contributed by atoms with Crippen LogP contribution in [0.25, 0.3) is 0 Å². The molecule has 1 rings (SSSR count). The molecule has 0 fully saturated rings. The molecule has 0 aliphatic rings. The Bertz CT molecular complexity index is 585. The van der Waals surface area contributed by atoms with Crippen LogP contribution in [0.3, 0.4) is 0 Å². The Balaban J connectivity index is 2.79. The lowest BCUT2D eigenvalue weighted by Gasteiger charge is -2.26. The normalized spacial score (nSPS) is 11.5. The fourth-order valence-corrected chi connectivity index (χ4v) is 3.67. The lowest BCUT2D eigenvalue weighted by molar-refractivity contribution is -0.111. The quantitative estimate of drug-likeness (QED) is 0.284. The first kappa shape index (κ1) is 23.5. The number of carbonyl (C=O) groups is 1. The van der Waals surface area contributed by atoms with Gasteiger partial charge in [-0.05, 0) is 53.9 Å². The van der Waals surface area contributed by atoms with Gasteiger partial charge >= 0.3 is 0 Å². The average molecular weight is 438 g/mol. The van der Waals surface area contributed by atoms with Crippen molar-refractivity contribution < 1.29 is 4.79 Å². The van der Waals surface area contributed by atoms with Gasteiger partial charge in [0, 0.05) is 35.0 Å². The molecule has 3 N–H and O–H groups in total. The summed E-state index contributed by atoms with van der Waals surface area (Å²) >= 11 is 3.70. The molecule has 27 heavy (non-hydrogen) atoms. The van der Waals surface area contributed by atoms with E-state index >= 15 is 0 Å². The van der Waals surface area contributed by atoms with Gasteiger partial charge in [0.2, 0.25) is 5.91 Å². The third-order valence-corrected chi connectivity index (χ3v) is 5.11. The number of unbranched alkanes of at least 4 members (excludes halogenated alkanes) is 6. The van der Waals surface area contributed by atoms with Crippen LogP contribution >= 0.6 is 15.9 Å². The number of amides is 1. The van der Waals surface area contributed by atoms with Crippen LogP contribution in [0.5, 0.6) is 0 Å². The zero-order valence-electron chi connectivity index (χ0n) is 17.2. The van der Waals surface area contributed by atoms with E-state index in [2.05, 4.69) is 46.1 Å². The Morgan fingerprint density at radius 3 is 2.15 bits per heavy atom. The Kier molecular flexibility index (Phi) is 11.9. The molecule has 0 atom stereocenters. The smallest absolute Gasteiger partial charge is 0.250 e. The summed E-state index contributed by atoms with van der Waals surface area (Å²) in [6.45, 7) is 8.34. The maximum atomic E-state index is 11.9. The number of nitrogens with one attached hydrogen (secondary N) is 1. The molecule has 1 amide bonds. The Morgan fingerprint density at radius 2 is 1.67 bits per heavy atom. The van der Waals surface area contributed by atoms with Crippen LogP contribution in [0.15, 0.2) is 34.4 Å². The molecule has 0 aliphatic heterocycles. The average Bonchev–Trinajstić information content (AvgIpc) is 2.60. The summed E-state index contributed by atoms with van der Waals surface area (Å²) in [5, 5.41) is 2.86. The first-order valence-electron chi connectivity index (χ1n) is 10.3. The maximum Gasteiger partial charge on any atom is 0.250 e. The highest BCUT2D eigenvalue weighted by Gasteiger charge is 2.11. The second-order valence-corrected chi connectivity index (χ2v) is 8.01. The minimum atomic E-state index is -0.203. The van der Waals surface area contributed by atoms with Crippen molar-refractivity contribution in [3.63, 3.8) is 0 Å². The maximum absolute atomic E-state index is 11.9. The second-order valence-electron chi connectivity index (χ2n) is 7.15. The molecule has 0 bridgehead atoms. The first-order chi connectivity index (χ1) is 13.0. The molecular formula is C22H36BrN3O. The molecule has 5 heteroatoms. The number of halogens is 1. The van der Waals surface area contributed by atoms with Gasteiger partial charge in [-0.25, -0.2) is 0 Å². The van der Waals surface area contributed by atoms with Gasteiger partial charge in [0.05, 0.1) is 5.69 Å². The summed E-state index contributed by atoms with van der Waals surface area (Å²) in [4.78, 5) is 14.3. The van der Waals surface area contributed by atoms with Crippen LogP contribution in [0.1, 0.15) is 72.1 Å². The van der Waals surface area contributed by atoms with Crippen LogP contribution < -0.4 is 16.0 Å². The zero-order chi connectivity index (χ0) is 20.1. The standard InChI is InChI=1S/C22H36BrN3O/c1-4-6-8-10-14-26(15-11-9-7-5-2)21-13-12-19(17-20(21)23)25-22(27)16-18(3)24/h12-13,16-17H,4-11,14-15,24H2,1-3H3,(H,25,27). The van der Waals surface area contributed by atoms with Crippen molar-refractivity contribution in [2.24, 2.45) is 5.73 Å². The van der Waals surface area contributed by atoms with Gasteiger partial charge in [-0.15, -0.1) is 0 Å². The summed E-state index contributed by atoms with van der Waals surface area (Å²) in [5.41, 5.74) is 8.02. The number of nitrogens with zero attached hydrogens (tertiary/aromatic N) is 1. The van der Waals surface area contributed by atoms with Crippen LogP contribution in [0, 0.1) is 0 Å². The highest BCUT2D eigenvalue weighted by atomic mass is 79.9. The molecule has 4 nitrogen and oxygen atoms in total. The number of carbonyl (C=O) groups excluding carboxylic acids is 1. The Morgan fingerprint density at radius 1 is 1.07 bits per heavy atom. The number of hydrogen-bond donors (Lipinski definition) is 2. The van der Waals surface area contributed by atoms with E-state index in [-0.39, 0.29) is 5.91 Å². The van der Waals surface area contributed by atoms with E-state index in [1.165, 1.54) is 63.1 Å². The van der Waals surface area contributed by atoms with Gasteiger partial charge < -0.3 is 16.0 Å². The van der Waals surface area contributed by atoms with Crippen LogP contribution in [0.4, 0.5) is 11.4 Å². The van der Waals surface area contributed by atoms with Gasteiger partial charge in [0.25, 0.3) is 0 Å². The molecule has 1 aromatic carbocycles. The lowest BCUT2D eigenvalue weighted by Crippen LogP contribution is -2.26. The first-order valence-corrected chi connectivity index (χ1v) is 11.1. The van der Waals surface area contributed by atoms with Crippen LogP contribution in [-0.4, -0.2) is 19.0 Å². The van der Waals surface area contributed by atoms with Gasteiger partial charge in [0.1, 0.15) is 0 Å². The van der Waals surface area contributed by atoms with Crippen molar-refractivity contribution in [1.29, 1.82) is 0 Å². The van der Waals surface area contributed by atoms with E-state index in [4.69, 9.17) is 5.73 Å². The minimum absolute atomic E-state index is 0.203. The fraction of sp³-hybridized carbons (Fsp3) is 0.591. The Hall–Kier alpha value is -1.49. The fourth-order valence-electron chi connectivity index (χ4n) is 3.04. The molecule has 0 radical (unpaired) electrons. The number of rotatable bonds is 13. The SMILES string of the molecule is CCCCCCN(CCCCCC)c1ccc(NC(=O)C=C(C)N)cc1Br. The number of hydrogen-bond acceptors (Lipinski definition) is 3. The van der Waals surface area contributed by atoms with E-state index < -0.39 is 0 Å². The van der Waals surface area contributed by atoms with E-state index in [1.54, 1.807) is 6.92 Å². The van der Waals surface area contributed by atoms with Gasteiger partial charge in [0.15, 0.2) is 0 Å². The monoisotopic (exact) mass is 437 g/mol. The lowest BCUT2D eigenvalue weighted by atomic mass is 10.1. The van der Waals surface area contributed by atoms with Crippen molar-refractivity contribution in [3.8, 4) is 0 Å². The molecule has 0 unspecified atom stereocenters. The molecule has 1 aromatic rings. The molecule has 0 aromatic heterocycles. The second kappa shape index (κ2) is 13.6. The van der Waals surface area contributed by atoms with Crippen molar-refractivity contribution in [2.45, 2.75) is 72.1 Å². The van der Waals surface area contributed by atoms with Gasteiger partial charge in [-0.3, -0.25) is 4.79 Å². The molecule has 0 spiro atoms. The van der Waals surface area contributed by atoms with Gasteiger partial charge in [-0.2, -0.15) is 0 Å². The van der Waals surface area contributed by atoms with Crippen molar-refractivity contribution >= 4 is 33.2 Å². The van der Waals surface area contributed by atoms with Crippen LogP contribution in [-0.2, 0) is 4.79 Å². The van der Waals surface area contributed by atoms with Gasteiger partial charge in [-0.1, -0.05) is 52.4 Å². The Labute approximate surface area is 173 Å². The van der Waals surface area contributed by atoms with E-state index in [0.717, 1.165) is 23.2 Å². The number of allylic oxidation sites excluding steroid dienone is 1. The van der Waals surface area contributed by atoms with E-state index in [1.807, 2.05) is 12.1 Å². The summed E-state index contributed by atoms with van der Waals surface area (Å²) in [6, 6.07) is 6.03. The molecule has 0 saturated carbocycles. The highest BCUT2D eigenvalue weighted by Crippen LogP contribution is 2.30. The zero-order valence-corrected chi connectivity index (χ0v) is 18.8. The van der Waals surface area contributed by atoms with E-state index in [9.17, 15) is 4.79 Å². The molecular weight excluding hydrogens is 402 g/mol. The predicted octanol–water partition coefficient (Wildman–Crippen LogP) is 6.22. The largest absolute Gasteiger partial charge is 0.402 e. The molecule has 0 saturated heterocycles. The number of nitrogens with two attached hydrogens (primary N) is 1. The molecule has 0 aliphatic carbocycles. The summed E-state index contributed by atoms with van der Waals surface area (Å²) < 4.78 is 1.01. The molecule has 152 valence electrons. The third kappa shape index (κ3) is 9.85. The van der Waals surface area contributed by atoms with Crippen LogP contribution in [0.2, 0.25) is 0 Å². The molecule has 0 heterocycles. The highest BCUT2D eigenvalue weighted by molar-refractivity contribution is 9.10. The minimum Gasteiger partial charge on any atom is -0.402 e. The third-order valence-electron chi connectivity index (χ3n) is 4.48. The summed E-state index contributed by atoms with van der Waals surface area (Å²) in [5.74, 6) is -0.203. The van der Waals surface area contributed by atoms with Crippen molar-refractivity contribution in [1.82, 2.24) is 0 Å². The van der Waals surface area contributed by atoms with Crippen molar-refractivity contribution in [3.05, 3.63) is 34.4 Å². The van der Waals surface area contributed by atoms with Crippen molar-refractivity contribution in [2.75, 3.05) is 23.3 Å². The topological polar surface area (TPSA) is 58.4 Å². The summed E-state index contributed by atoms with van der Waals surface area (Å²) in [6.07, 6.45) is 11.5. The summed E-state index contributed by atoms with van der Waals surface area (Å²) in [7, 11) is 0. The predicted molar refractivity (Wildman–Crippen MR) is 121 cm³/mol. The number of anilines is 2. The number of benzene rings is 1. The van der Waals surface area contributed by atoms with E-state index in [0.29, 0.717) is 5.70 Å².